The van der Waals surface area contributed by atoms with Crippen molar-refractivity contribution in [2.45, 2.75) is 20.0 Å². The van der Waals surface area contributed by atoms with Crippen LogP contribution in [0.3, 0.4) is 0 Å². The standard InChI is InChI=1S/C19H10F3N2.C13H12N.Ir/c20-19(21,22)14-7-8-15-13(10-14)6-9-17-16(15)11-23-18(24-17)12-4-2-1-3-5-12;1-10-8-13(14-9-11(10)2)12-6-4-3-5-7-12;/h1-4,6-11H;3-6,8-9H,1-2H3;/q2*-1;. The zero-order chi connectivity index (χ0) is 26.7. The van der Waals surface area contributed by atoms with Crippen molar-refractivity contribution in [1.29, 1.82) is 0 Å². The van der Waals surface area contributed by atoms with E-state index in [0.717, 1.165) is 34.3 Å². The number of alkyl halides is 3. The van der Waals surface area contributed by atoms with Gasteiger partial charge in [-0.2, -0.15) is 13.2 Å². The van der Waals surface area contributed by atoms with Crippen molar-refractivity contribution >= 4 is 21.7 Å². The van der Waals surface area contributed by atoms with Crippen LogP contribution in [0, 0.1) is 26.0 Å². The van der Waals surface area contributed by atoms with Gasteiger partial charge in [-0.1, -0.05) is 23.8 Å². The van der Waals surface area contributed by atoms with E-state index in [1.807, 2.05) is 48.7 Å². The van der Waals surface area contributed by atoms with Crippen LogP contribution in [0.1, 0.15) is 16.7 Å². The molecular weight excluding hydrogens is 676 g/mol. The summed E-state index contributed by atoms with van der Waals surface area (Å²) in [5.74, 6) is 0.536. The quantitative estimate of drug-likeness (QED) is 0.135. The minimum Gasteiger partial charge on any atom is -0.304 e. The molecule has 0 N–H and O–H groups in total. The summed E-state index contributed by atoms with van der Waals surface area (Å²) in [5, 5.41) is 1.94. The normalized spacial score (nSPS) is 11.0. The van der Waals surface area contributed by atoms with Crippen LogP contribution in [0.25, 0.3) is 44.3 Å². The third kappa shape index (κ3) is 6.39. The molecule has 0 bridgehead atoms. The van der Waals surface area contributed by atoms with E-state index in [2.05, 4.69) is 47.0 Å². The molecule has 0 aliphatic carbocycles. The third-order valence-corrected chi connectivity index (χ3v) is 6.22. The van der Waals surface area contributed by atoms with Crippen molar-refractivity contribution < 1.29 is 33.3 Å². The number of pyridine rings is 1. The summed E-state index contributed by atoms with van der Waals surface area (Å²) in [5.41, 5.74) is 5.34. The average Bonchev–Trinajstić information content (AvgIpc) is 2.94. The summed E-state index contributed by atoms with van der Waals surface area (Å²) < 4.78 is 38.5. The van der Waals surface area contributed by atoms with Crippen LogP contribution in [-0.2, 0) is 26.3 Å². The molecule has 0 fully saturated rings. The predicted octanol–water partition coefficient (Wildman–Crippen LogP) is 8.43. The van der Waals surface area contributed by atoms with E-state index in [0.29, 0.717) is 22.1 Å². The van der Waals surface area contributed by atoms with Gasteiger partial charge in [0.15, 0.2) is 0 Å². The zero-order valence-corrected chi connectivity index (χ0v) is 23.4. The van der Waals surface area contributed by atoms with E-state index in [-0.39, 0.29) is 20.1 Å². The molecule has 0 saturated heterocycles. The molecule has 3 nitrogen and oxygen atoms in total. The maximum Gasteiger partial charge on any atom is 0.416 e. The number of halogens is 3. The molecule has 0 amide bonds. The van der Waals surface area contributed by atoms with Crippen LogP contribution < -0.4 is 0 Å². The van der Waals surface area contributed by atoms with E-state index in [1.165, 1.54) is 17.2 Å². The second-order valence-corrected chi connectivity index (χ2v) is 8.83. The summed E-state index contributed by atoms with van der Waals surface area (Å²) in [6.07, 6.45) is -0.799. The van der Waals surface area contributed by atoms with Gasteiger partial charge in [0.1, 0.15) is 0 Å². The van der Waals surface area contributed by atoms with Gasteiger partial charge in [0.25, 0.3) is 0 Å². The Morgan fingerprint density at radius 1 is 0.692 bits per heavy atom. The molecule has 0 saturated carbocycles. The van der Waals surface area contributed by atoms with Gasteiger partial charge in [-0.15, -0.1) is 71.8 Å². The molecule has 2 heterocycles. The van der Waals surface area contributed by atoms with Crippen molar-refractivity contribution in [2.24, 2.45) is 0 Å². The van der Waals surface area contributed by atoms with Gasteiger partial charge in [0.2, 0.25) is 0 Å². The maximum atomic E-state index is 12.8. The first-order chi connectivity index (χ1) is 18.3. The zero-order valence-electron chi connectivity index (χ0n) is 21.0. The number of rotatable bonds is 2. The number of aromatic nitrogens is 3. The van der Waals surface area contributed by atoms with E-state index >= 15 is 0 Å². The molecule has 6 rings (SSSR count). The maximum absolute atomic E-state index is 12.8. The van der Waals surface area contributed by atoms with Gasteiger partial charge in [-0.3, -0.25) is 9.97 Å². The first-order valence-corrected chi connectivity index (χ1v) is 11.9. The van der Waals surface area contributed by atoms with E-state index in [4.69, 9.17) is 0 Å². The largest absolute Gasteiger partial charge is 0.416 e. The first kappa shape index (κ1) is 28.1. The fraction of sp³-hybridized carbons (Fsp3) is 0.0938. The molecule has 0 spiro atoms. The molecule has 6 aromatic rings. The van der Waals surface area contributed by atoms with Crippen molar-refractivity contribution in [3.05, 3.63) is 126 Å². The molecule has 0 aliphatic rings. The average molecular weight is 698 g/mol. The van der Waals surface area contributed by atoms with Crippen molar-refractivity contribution in [2.75, 3.05) is 0 Å². The smallest absolute Gasteiger partial charge is 0.304 e. The molecule has 7 heteroatoms. The molecule has 0 atom stereocenters. The molecule has 4 aromatic carbocycles. The Bertz CT molecular complexity index is 1720. The predicted molar refractivity (Wildman–Crippen MR) is 144 cm³/mol. The Kier molecular flexibility index (Phi) is 8.54. The van der Waals surface area contributed by atoms with Crippen LogP contribution in [-0.4, -0.2) is 15.0 Å². The summed E-state index contributed by atoms with van der Waals surface area (Å²) in [4.78, 5) is 13.2. The first-order valence-electron chi connectivity index (χ1n) is 11.9. The van der Waals surface area contributed by atoms with E-state index < -0.39 is 11.7 Å². The Morgan fingerprint density at radius 3 is 2.05 bits per heavy atom. The Balaban J connectivity index is 0.000000202. The van der Waals surface area contributed by atoms with Crippen LogP contribution in [0.2, 0.25) is 0 Å². The van der Waals surface area contributed by atoms with Gasteiger partial charge in [-0.05, 0) is 54.1 Å². The van der Waals surface area contributed by atoms with Crippen LogP contribution in [0.4, 0.5) is 13.2 Å². The molecule has 2 aromatic heterocycles. The summed E-state index contributed by atoms with van der Waals surface area (Å²) in [6.45, 7) is 4.17. The Hall–Kier alpha value is -3.93. The summed E-state index contributed by atoms with van der Waals surface area (Å²) in [6, 6.07) is 30.7. The summed E-state index contributed by atoms with van der Waals surface area (Å²) >= 11 is 0. The topological polar surface area (TPSA) is 38.7 Å². The number of aryl methyl sites for hydroxylation is 2. The van der Waals surface area contributed by atoms with E-state index in [1.54, 1.807) is 24.4 Å². The number of hydrogen-bond acceptors (Lipinski definition) is 3. The fourth-order valence-corrected chi connectivity index (χ4v) is 4.01. The van der Waals surface area contributed by atoms with Gasteiger partial charge < -0.3 is 4.98 Å². The van der Waals surface area contributed by atoms with Crippen molar-refractivity contribution in [3.63, 3.8) is 0 Å². The number of nitrogens with zero attached hydrogens (tertiary/aromatic N) is 3. The molecule has 197 valence electrons. The van der Waals surface area contributed by atoms with Crippen molar-refractivity contribution in [1.82, 2.24) is 15.0 Å². The SMILES string of the molecule is Cc1cnc(-c2[c-]cccc2)cc1C.FC(F)(F)c1ccc2c(ccc3nc(-c4[c-]cccc4)ncc32)c1.[Ir]. The Labute approximate surface area is 238 Å². The second kappa shape index (κ2) is 11.9. The Morgan fingerprint density at radius 2 is 1.41 bits per heavy atom. The van der Waals surface area contributed by atoms with Gasteiger partial charge in [0.05, 0.1) is 16.9 Å². The van der Waals surface area contributed by atoms with Crippen LogP contribution >= 0.6 is 0 Å². The molecule has 39 heavy (non-hydrogen) atoms. The van der Waals surface area contributed by atoms with Crippen LogP contribution in [0.5, 0.6) is 0 Å². The van der Waals surface area contributed by atoms with Gasteiger partial charge in [0, 0.05) is 37.9 Å². The fourth-order valence-electron chi connectivity index (χ4n) is 4.01. The minimum absolute atomic E-state index is 0. The second-order valence-electron chi connectivity index (χ2n) is 8.83. The molecule has 1 radical (unpaired) electrons. The van der Waals surface area contributed by atoms with Crippen molar-refractivity contribution in [3.8, 4) is 22.6 Å². The number of fused-ring (bicyclic) bond motifs is 3. The van der Waals surface area contributed by atoms with Crippen LogP contribution in [0.15, 0.2) is 97.3 Å². The van der Waals surface area contributed by atoms with Gasteiger partial charge in [-0.25, -0.2) is 0 Å². The molecule has 0 unspecified atom stereocenters. The van der Waals surface area contributed by atoms with E-state index in [9.17, 15) is 13.2 Å². The van der Waals surface area contributed by atoms with Gasteiger partial charge >= 0.3 is 6.18 Å². The molecular formula is C32H22F3IrN3-2. The summed E-state index contributed by atoms with van der Waals surface area (Å²) in [7, 11) is 0. The minimum atomic E-state index is -4.35. The number of benzene rings is 4. The molecule has 0 aliphatic heterocycles. The monoisotopic (exact) mass is 698 g/mol. The number of hydrogen-bond donors (Lipinski definition) is 0. The third-order valence-electron chi connectivity index (χ3n) is 6.22.